The molecule has 26 heavy (non-hydrogen) atoms. The summed E-state index contributed by atoms with van der Waals surface area (Å²) in [5.74, 6) is 0.921. The van der Waals surface area contributed by atoms with Crippen LogP contribution in [0.5, 0.6) is 5.75 Å². The lowest BCUT2D eigenvalue weighted by molar-refractivity contribution is 0.312. The molecule has 2 heterocycles. The van der Waals surface area contributed by atoms with Gasteiger partial charge in [-0.15, -0.1) is 0 Å². The Hall–Kier alpha value is -1.86. The SMILES string of the molecule is CCS(=O)(=O)N(C)C1CCN(c2c(C)cnc3c(OC)cccc23)CC1. The Morgan fingerprint density at radius 1 is 1.31 bits per heavy atom. The Labute approximate surface area is 155 Å². The number of pyridine rings is 1. The predicted octanol–water partition coefficient (Wildman–Crippen LogP) is 2.80. The first-order chi connectivity index (χ1) is 12.4. The summed E-state index contributed by atoms with van der Waals surface area (Å²) in [6.07, 6.45) is 3.53. The van der Waals surface area contributed by atoms with Gasteiger partial charge in [-0.2, -0.15) is 0 Å². The van der Waals surface area contributed by atoms with Crippen LogP contribution in [-0.4, -0.2) is 56.7 Å². The Morgan fingerprint density at radius 3 is 2.62 bits per heavy atom. The first-order valence-electron chi connectivity index (χ1n) is 9.02. The lowest BCUT2D eigenvalue weighted by Crippen LogP contribution is -2.46. The highest BCUT2D eigenvalue weighted by Crippen LogP contribution is 2.35. The fourth-order valence-corrected chi connectivity index (χ4v) is 4.82. The van der Waals surface area contributed by atoms with Crippen LogP contribution in [0.2, 0.25) is 0 Å². The van der Waals surface area contributed by atoms with Gasteiger partial charge in [0.2, 0.25) is 10.0 Å². The van der Waals surface area contributed by atoms with Crippen LogP contribution in [0.1, 0.15) is 25.3 Å². The van der Waals surface area contributed by atoms with Crippen molar-refractivity contribution in [2.24, 2.45) is 0 Å². The molecule has 7 heteroatoms. The zero-order valence-electron chi connectivity index (χ0n) is 15.9. The molecular weight excluding hydrogens is 350 g/mol. The van der Waals surface area contributed by atoms with Crippen molar-refractivity contribution in [2.75, 3.05) is 37.9 Å². The molecule has 0 atom stereocenters. The second-order valence-electron chi connectivity index (χ2n) is 6.78. The number of sulfonamides is 1. The molecule has 0 radical (unpaired) electrons. The molecule has 1 aromatic heterocycles. The van der Waals surface area contributed by atoms with E-state index in [4.69, 9.17) is 4.74 Å². The van der Waals surface area contributed by atoms with Gasteiger partial charge in [0.05, 0.1) is 18.6 Å². The van der Waals surface area contributed by atoms with Gasteiger partial charge in [0.15, 0.2) is 0 Å². The molecule has 0 saturated carbocycles. The van der Waals surface area contributed by atoms with Crippen molar-refractivity contribution in [1.29, 1.82) is 0 Å². The van der Waals surface area contributed by atoms with Crippen LogP contribution in [0.25, 0.3) is 10.9 Å². The zero-order chi connectivity index (χ0) is 18.9. The third-order valence-corrected chi connectivity index (χ3v) is 7.24. The van der Waals surface area contributed by atoms with E-state index < -0.39 is 10.0 Å². The summed E-state index contributed by atoms with van der Waals surface area (Å²) in [5.41, 5.74) is 3.16. The third kappa shape index (κ3) is 3.38. The molecule has 1 aliphatic rings. The number of aromatic nitrogens is 1. The van der Waals surface area contributed by atoms with Crippen molar-refractivity contribution >= 4 is 26.6 Å². The molecule has 142 valence electrons. The van der Waals surface area contributed by atoms with Crippen molar-refractivity contribution in [3.63, 3.8) is 0 Å². The monoisotopic (exact) mass is 377 g/mol. The van der Waals surface area contributed by atoms with E-state index in [1.807, 2.05) is 18.3 Å². The summed E-state index contributed by atoms with van der Waals surface area (Å²) < 4.78 is 31.3. The van der Waals surface area contributed by atoms with Crippen molar-refractivity contribution in [2.45, 2.75) is 32.7 Å². The molecule has 0 unspecified atom stereocenters. The highest BCUT2D eigenvalue weighted by Gasteiger charge is 2.29. The predicted molar refractivity (Wildman–Crippen MR) is 105 cm³/mol. The molecule has 0 spiro atoms. The standard InChI is InChI=1S/C19H27N3O3S/c1-5-26(23,24)21(3)15-9-11-22(12-10-15)19-14(2)13-20-18-16(19)7-6-8-17(18)25-4/h6-8,13,15H,5,9-12H2,1-4H3. The average molecular weight is 378 g/mol. The number of methoxy groups -OCH3 is 1. The molecule has 0 amide bonds. The zero-order valence-corrected chi connectivity index (χ0v) is 16.7. The second-order valence-corrected chi connectivity index (χ2v) is 9.10. The van der Waals surface area contributed by atoms with E-state index in [0.717, 1.165) is 48.1 Å². The number of fused-ring (bicyclic) bond motifs is 1. The first-order valence-corrected chi connectivity index (χ1v) is 10.6. The van der Waals surface area contributed by atoms with Crippen LogP contribution >= 0.6 is 0 Å². The Balaban J connectivity index is 1.87. The van der Waals surface area contributed by atoms with Gasteiger partial charge >= 0.3 is 0 Å². The molecule has 1 aromatic carbocycles. The topological polar surface area (TPSA) is 62.7 Å². The van der Waals surface area contributed by atoms with Gasteiger partial charge in [0.25, 0.3) is 0 Å². The molecule has 0 bridgehead atoms. The Morgan fingerprint density at radius 2 is 2.00 bits per heavy atom. The van der Waals surface area contributed by atoms with Gasteiger partial charge in [-0.25, -0.2) is 12.7 Å². The van der Waals surface area contributed by atoms with Crippen LogP contribution in [0, 0.1) is 6.92 Å². The van der Waals surface area contributed by atoms with Gasteiger partial charge in [-0.1, -0.05) is 12.1 Å². The van der Waals surface area contributed by atoms with Gasteiger partial charge in [-0.3, -0.25) is 4.98 Å². The van der Waals surface area contributed by atoms with Crippen molar-refractivity contribution in [3.05, 3.63) is 30.0 Å². The Kier molecular flexibility index (Phi) is 5.39. The summed E-state index contributed by atoms with van der Waals surface area (Å²) in [5, 5.41) is 1.08. The minimum absolute atomic E-state index is 0.0687. The molecular formula is C19H27N3O3S. The largest absolute Gasteiger partial charge is 0.494 e. The number of para-hydroxylation sites is 1. The third-order valence-electron chi connectivity index (χ3n) is 5.33. The van der Waals surface area contributed by atoms with E-state index in [0.29, 0.717) is 0 Å². The van der Waals surface area contributed by atoms with E-state index in [-0.39, 0.29) is 11.8 Å². The molecule has 0 N–H and O–H groups in total. The first kappa shape index (κ1) is 18.9. The quantitative estimate of drug-likeness (QED) is 0.802. The minimum atomic E-state index is -3.14. The molecule has 1 fully saturated rings. The summed E-state index contributed by atoms with van der Waals surface area (Å²) in [6, 6.07) is 6.05. The summed E-state index contributed by atoms with van der Waals surface area (Å²) in [7, 11) is 0.220. The maximum absolute atomic E-state index is 12.1. The molecule has 6 nitrogen and oxygen atoms in total. The lowest BCUT2D eigenvalue weighted by Gasteiger charge is -2.38. The van der Waals surface area contributed by atoms with Crippen LogP contribution in [0.4, 0.5) is 5.69 Å². The highest BCUT2D eigenvalue weighted by molar-refractivity contribution is 7.89. The molecule has 3 rings (SSSR count). The molecule has 1 aliphatic heterocycles. The minimum Gasteiger partial charge on any atom is -0.494 e. The number of anilines is 1. The van der Waals surface area contributed by atoms with Crippen LogP contribution in [0.15, 0.2) is 24.4 Å². The summed E-state index contributed by atoms with van der Waals surface area (Å²) in [4.78, 5) is 6.90. The number of rotatable bonds is 5. The van der Waals surface area contributed by atoms with Gasteiger partial charge in [0.1, 0.15) is 11.3 Å². The van der Waals surface area contributed by atoms with E-state index in [1.54, 1.807) is 25.4 Å². The van der Waals surface area contributed by atoms with Gasteiger partial charge in [0, 0.05) is 37.8 Å². The fraction of sp³-hybridized carbons (Fsp3) is 0.526. The molecule has 0 aliphatic carbocycles. The van der Waals surface area contributed by atoms with E-state index >= 15 is 0 Å². The second kappa shape index (κ2) is 7.40. The molecule has 2 aromatic rings. The van der Waals surface area contributed by atoms with Crippen LogP contribution in [0.3, 0.4) is 0 Å². The van der Waals surface area contributed by atoms with Crippen molar-refractivity contribution in [1.82, 2.24) is 9.29 Å². The van der Waals surface area contributed by atoms with Gasteiger partial charge in [-0.05, 0) is 38.3 Å². The normalized spacial score (nSPS) is 16.4. The average Bonchev–Trinajstić information content (AvgIpc) is 2.66. The number of ether oxygens (including phenoxy) is 1. The van der Waals surface area contributed by atoms with Gasteiger partial charge < -0.3 is 9.64 Å². The molecule has 1 saturated heterocycles. The maximum Gasteiger partial charge on any atom is 0.213 e. The number of hydrogen-bond donors (Lipinski definition) is 0. The number of hydrogen-bond acceptors (Lipinski definition) is 5. The Bertz CT molecular complexity index is 890. The van der Waals surface area contributed by atoms with Crippen LogP contribution < -0.4 is 9.64 Å². The number of piperidine rings is 1. The smallest absolute Gasteiger partial charge is 0.213 e. The van der Waals surface area contributed by atoms with Crippen molar-refractivity contribution in [3.8, 4) is 5.75 Å². The highest BCUT2D eigenvalue weighted by atomic mass is 32.2. The summed E-state index contributed by atoms with van der Waals surface area (Å²) >= 11 is 0. The van der Waals surface area contributed by atoms with E-state index in [1.165, 1.54) is 5.69 Å². The number of nitrogens with zero attached hydrogens (tertiary/aromatic N) is 3. The fourth-order valence-electron chi connectivity index (χ4n) is 3.75. The number of aryl methyl sites for hydroxylation is 1. The van der Waals surface area contributed by atoms with E-state index in [9.17, 15) is 8.42 Å². The summed E-state index contributed by atoms with van der Waals surface area (Å²) in [6.45, 7) is 5.42. The number of benzene rings is 1. The lowest BCUT2D eigenvalue weighted by atomic mass is 10.0. The van der Waals surface area contributed by atoms with Crippen LogP contribution in [-0.2, 0) is 10.0 Å². The van der Waals surface area contributed by atoms with E-state index in [2.05, 4.69) is 22.9 Å². The van der Waals surface area contributed by atoms with Crippen molar-refractivity contribution < 1.29 is 13.2 Å². The maximum atomic E-state index is 12.1.